The van der Waals surface area contributed by atoms with Crippen molar-refractivity contribution >= 4 is 33.5 Å². The Hall–Kier alpha value is -1.99. The largest absolute Gasteiger partial charge is 0.326 e. The van der Waals surface area contributed by atoms with E-state index < -0.39 is 5.54 Å². The lowest BCUT2D eigenvalue weighted by Crippen LogP contribution is -2.51. The molecule has 3 amide bonds. The number of para-hydroxylation sites is 1. The minimum atomic E-state index is -0.681. The van der Waals surface area contributed by atoms with Crippen LogP contribution in [0, 0.1) is 11.3 Å². The van der Waals surface area contributed by atoms with Gasteiger partial charge in [-0.25, -0.2) is 14.7 Å². The smallest absolute Gasteiger partial charge is 0.323 e. The van der Waals surface area contributed by atoms with Crippen molar-refractivity contribution in [2.75, 3.05) is 19.8 Å². The molecule has 3 heterocycles. The van der Waals surface area contributed by atoms with Crippen LogP contribution < -0.4 is 5.32 Å². The van der Waals surface area contributed by atoms with Crippen LogP contribution in [0.2, 0.25) is 0 Å². The first-order valence-electron chi connectivity index (χ1n) is 12.5. The van der Waals surface area contributed by atoms with E-state index in [2.05, 4.69) is 49.2 Å². The Morgan fingerprint density at radius 2 is 1.94 bits per heavy atom. The van der Waals surface area contributed by atoms with Gasteiger partial charge in [-0.15, -0.1) is 11.3 Å². The molecule has 1 saturated carbocycles. The van der Waals surface area contributed by atoms with Crippen LogP contribution in [-0.4, -0.2) is 52.0 Å². The van der Waals surface area contributed by atoms with Gasteiger partial charge >= 0.3 is 6.03 Å². The second-order valence-electron chi connectivity index (χ2n) is 10.9. The maximum Gasteiger partial charge on any atom is 0.326 e. The minimum absolute atomic E-state index is 0.0117. The molecule has 5 rings (SSSR count). The fourth-order valence-electron chi connectivity index (χ4n) is 5.97. The van der Waals surface area contributed by atoms with Gasteiger partial charge in [0, 0.05) is 12.5 Å². The number of carbonyl (C=O) groups excluding carboxylic acids is 2. The van der Waals surface area contributed by atoms with Gasteiger partial charge < -0.3 is 5.32 Å². The summed E-state index contributed by atoms with van der Waals surface area (Å²) in [7, 11) is 0. The maximum absolute atomic E-state index is 13.5. The van der Waals surface area contributed by atoms with Gasteiger partial charge in [-0.3, -0.25) is 9.69 Å². The van der Waals surface area contributed by atoms with Gasteiger partial charge in [0.2, 0.25) is 0 Å². The minimum Gasteiger partial charge on any atom is -0.323 e. The second-order valence-corrected chi connectivity index (χ2v) is 12.0. The van der Waals surface area contributed by atoms with E-state index in [-0.39, 0.29) is 17.4 Å². The number of rotatable bonds is 5. The van der Waals surface area contributed by atoms with Crippen molar-refractivity contribution in [3.63, 3.8) is 0 Å². The lowest BCUT2D eigenvalue weighted by Gasteiger charge is -2.42. The van der Waals surface area contributed by atoms with E-state index in [9.17, 15) is 9.59 Å². The number of amides is 3. The standard InChI is InChI=1S/C26H36N4O2S/c1-4-25(2,3)19-11-13-26(14-12-19)23(31)30(24(32)28-26)17-29-15-7-8-18(16-29)22-27-20-9-5-6-10-21(20)33-22/h5-6,9-10,18-19H,4,7-8,11-17H2,1-3H3,(H,28,32). The van der Waals surface area contributed by atoms with E-state index in [0.717, 1.165) is 63.6 Å². The van der Waals surface area contributed by atoms with E-state index in [1.807, 2.05) is 6.07 Å². The summed E-state index contributed by atoms with van der Waals surface area (Å²) >= 11 is 1.77. The summed E-state index contributed by atoms with van der Waals surface area (Å²) in [5, 5.41) is 4.28. The third kappa shape index (κ3) is 4.18. The summed E-state index contributed by atoms with van der Waals surface area (Å²) < 4.78 is 1.22. The zero-order chi connectivity index (χ0) is 23.2. The van der Waals surface area contributed by atoms with Crippen molar-refractivity contribution in [3.8, 4) is 0 Å². The van der Waals surface area contributed by atoms with Crippen molar-refractivity contribution < 1.29 is 9.59 Å². The number of likely N-dealkylation sites (tertiary alicyclic amines) is 1. The number of carbonyl (C=O) groups is 2. The second kappa shape index (κ2) is 8.66. The van der Waals surface area contributed by atoms with E-state index in [0.29, 0.717) is 18.5 Å². The highest BCUT2D eigenvalue weighted by atomic mass is 32.1. The molecule has 1 atom stereocenters. The molecular weight excluding hydrogens is 432 g/mol. The molecule has 1 N–H and O–H groups in total. The van der Waals surface area contributed by atoms with Crippen LogP contribution in [0.3, 0.4) is 0 Å². The third-order valence-corrected chi connectivity index (χ3v) is 9.81. The van der Waals surface area contributed by atoms with Gasteiger partial charge in [0.25, 0.3) is 5.91 Å². The zero-order valence-corrected chi connectivity index (χ0v) is 20.9. The first-order valence-corrected chi connectivity index (χ1v) is 13.3. The molecule has 1 spiro atoms. The number of nitrogens with zero attached hydrogens (tertiary/aromatic N) is 3. The zero-order valence-electron chi connectivity index (χ0n) is 20.1. The summed E-state index contributed by atoms with van der Waals surface area (Å²) in [6.07, 6.45) is 6.83. The maximum atomic E-state index is 13.5. The molecule has 1 aromatic heterocycles. The number of benzene rings is 1. The van der Waals surface area contributed by atoms with Gasteiger partial charge in [-0.05, 0) is 68.5 Å². The number of aromatic nitrogens is 1. The predicted molar refractivity (Wildman–Crippen MR) is 132 cm³/mol. The third-order valence-electron chi connectivity index (χ3n) is 8.61. The molecule has 0 radical (unpaired) electrons. The molecule has 2 saturated heterocycles. The first-order chi connectivity index (χ1) is 15.8. The molecule has 7 heteroatoms. The van der Waals surface area contributed by atoms with E-state index in [1.165, 1.54) is 14.6 Å². The molecule has 6 nitrogen and oxygen atoms in total. The van der Waals surface area contributed by atoms with Crippen molar-refractivity contribution in [3.05, 3.63) is 29.3 Å². The summed E-state index contributed by atoms with van der Waals surface area (Å²) in [4.78, 5) is 35.0. The molecule has 1 aromatic carbocycles. The molecule has 1 aliphatic carbocycles. The Kier molecular flexibility index (Phi) is 5.98. The van der Waals surface area contributed by atoms with Gasteiger partial charge in [-0.1, -0.05) is 39.3 Å². The van der Waals surface area contributed by atoms with E-state index in [4.69, 9.17) is 4.98 Å². The molecular formula is C26H36N4O2S. The number of hydrogen-bond acceptors (Lipinski definition) is 5. The number of piperidine rings is 1. The monoisotopic (exact) mass is 468 g/mol. The number of imide groups is 1. The average Bonchev–Trinajstić information content (AvgIpc) is 3.35. The van der Waals surface area contributed by atoms with Crippen LogP contribution in [0.25, 0.3) is 10.2 Å². The lowest BCUT2D eigenvalue weighted by molar-refractivity contribution is -0.134. The van der Waals surface area contributed by atoms with Gasteiger partial charge in [0.1, 0.15) is 5.54 Å². The van der Waals surface area contributed by atoms with Crippen LogP contribution in [-0.2, 0) is 4.79 Å². The highest BCUT2D eigenvalue weighted by Gasteiger charge is 2.53. The summed E-state index contributed by atoms with van der Waals surface area (Å²) in [6, 6.07) is 8.07. The molecule has 3 fully saturated rings. The molecule has 2 aromatic rings. The van der Waals surface area contributed by atoms with Crippen LogP contribution in [0.1, 0.15) is 76.6 Å². The molecule has 1 unspecified atom stereocenters. The summed E-state index contributed by atoms with van der Waals surface area (Å²) in [6.45, 7) is 9.05. The highest BCUT2D eigenvalue weighted by Crippen LogP contribution is 2.45. The average molecular weight is 469 g/mol. The van der Waals surface area contributed by atoms with Crippen LogP contribution >= 0.6 is 11.3 Å². The van der Waals surface area contributed by atoms with Crippen molar-refractivity contribution in [1.29, 1.82) is 0 Å². The lowest BCUT2D eigenvalue weighted by atomic mass is 9.65. The Bertz CT molecular complexity index is 1010. The first kappa shape index (κ1) is 22.8. The van der Waals surface area contributed by atoms with Crippen LogP contribution in [0.15, 0.2) is 24.3 Å². The Balaban J connectivity index is 1.24. The normalized spacial score (nSPS) is 29.2. The highest BCUT2D eigenvalue weighted by molar-refractivity contribution is 7.18. The van der Waals surface area contributed by atoms with E-state index >= 15 is 0 Å². The van der Waals surface area contributed by atoms with Crippen LogP contribution in [0.5, 0.6) is 0 Å². The van der Waals surface area contributed by atoms with Gasteiger partial charge in [-0.2, -0.15) is 0 Å². The van der Waals surface area contributed by atoms with Crippen molar-refractivity contribution in [2.45, 2.75) is 77.2 Å². The number of urea groups is 1. The quantitative estimate of drug-likeness (QED) is 0.601. The number of hydrogen-bond donors (Lipinski definition) is 1. The topological polar surface area (TPSA) is 65.5 Å². The van der Waals surface area contributed by atoms with Gasteiger partial charge in [0.15, 0.2) is 0 Å². The summed E-state index contributed by atoms with van der Waals surface area (Å²) in [5.74, 6) is 0.962. The molecule has 2 aliphatic heterocycles. The summed E-state index contributed by atoms with van der Waals surface area (Å²) in [5.41, 5.74) is 0.670. The SMILES string of the molecule is CCC(C)(C)C1CCC2(CC1)NC(=O)N(CN1CCCC(c3nc4ccccc4s3)C1)C2=O. The fraction of sp³-hybridized carbons (Fsp3) is 0.654. The number of nitrogens with one attached hydrogen (secondary N) is 1. The molecule has 3 aliphatic rings. The van der Waals surface area contributed by atoms with Crippen LogP contribution in [0.4, 0.5) is 4.79 Å². The molecule has 0 bridgehead atoms. The van der Waals surface area contributed by atoms with Crippen molar-refractivity contribution in [2.24, 2.45) is 11.3 Å². The Morgan fingerprint density at radius 3 is 2.67 bits per heavy atom. The molecule has 33 heavy (non-hydrogen) atoms. The predicted octanol–water partition coefficient (Wildman–Crippen LogP) is 5.35. The Morgan fingerprint density at radius 1 is 1.18 bits per heavy atom. The van der Waals surface area contributed by atoms with Gasteiger partial charge in [0.05, 0.1) is 21.9 Å². The fourth-order valence-corrected chi connectivity index (χ4v) is 7.07. The number of fused-ring (bicyclic) bond motifs is 1. The number of thiazole rings is 1. The van der Waals surface area contributed by atoms with Crippen molar-refractivity contribution in [1.82, 2.24) is 20.1 Å². The molecule has 178 valence electrons. The Labute approximate surface area is 200 Å². The van der Waals surface area contributed by atoms with E-state index in [1.54, 1.807) is 11.3 Å².